The topological polar surface area (TPSA) is 17.1 Å². The Morgan fingerprint density at radius 2 is 1.46 bits per heavy atom. The third-order valence-electron chi connectivity index (χ3n) is 1.64. The SMILES string of the molecule is CC(C)(C)c1ccccc1.CC=O. The molecule has 0 heterocycles. The number of carbonyl (C=O) groups is 1. The number of benzene rings is 1. The molecule has 0 N–H and O–H groups in total. The maximum absolute atomic E-state index is 8.81. The molecular formula is C12H18O. The molecular weight excluding hydrogens is 160 g/mol. The molecule has 72 valence electrons. The average molecular weight is 178 g/mol. The molecule has 0 aliphatic rings. The molecule has 1 heteroatoms. The molecule has 0 fully saturated rings. The average Bonchev–Trinajstić information content (AvgIpc) is 2.06. The molecule has 0 bridgehead atoms. The van der Waals surface area contributed by atoms with Crippen molar-refractivity contribution >= 4 is 6.29 Å². The second kappa shape index (κ2) is 5.52. The summed E-state index contributed by atoms with van der Waals surface area (Å²) in [6, 6.07) is 10.6. The molecule has 1 aromatic rings. The Kier molecular flexibility index (Phi) is 5.05. The first-order valence-electron chi connectivity index (χ1n) is 4.47. The zero-order valence-corrected chi connectivity index (χ0v) is 8.87. The van der Waals surface area contributed by atoms with Gasteiger partial charge in [-0.1, -0.05) is 51.1 Å². The van der Waals surface area contributed by atoms with Crippen LogP contribution in [0.1, 0.15) is 33.3 Å². The van der Waals surface area contributed by atoms with E-state index < -0.39 is 0 Å². The van der Waals surface area contributed by atoms with Crippen LogP contribution >= 0.6 is 0 Å². The molecule has 0 aromatic heterocycles. The van der Waals surface area contributed by atoms with Crippen LogP contribution in [-0.2, 0) is 10.2 Å². The number of rotatable bonds is 0. The van der Waals surface area contributed by atoms with Gasteiger partial charge in [-0.2, -0.15) is 0 Å². The molecule has 1 nitrogen and oxygen atoms in total. The predicted octanol–water partition coefficient (Wildman–Crippen LogP) is 3.19. The Bertz CT molecular complexity index is 231. The third kappa shape index (κ3) is 5.18. The Morgan fingerprint density at radius 3 is 1.69 bits per heavy atom. The Hall–Kier alpha value is -1.11. The lowest BCUT2D eigenvalue weighted by atomic mass is 9.87. The third-order valence-corrected chi connectivity index (χ3v) is 1.64. The molecule has 0 atom stereocenters. The number of hydrogen-bond donors (Lipinski definition) is 0. The summed E-state index contributed by atoms with van der Waals surface area (Å²) in [5.74, 6) is 0. The van der Waals surface area contributed by atoms with Crippen molar-refractivity contribution in [2.45, 2.75) is 33.1 Å². The zero-order valence-electron chi connectivity index (χ0n) is 8.87. The van der Waals surface area contributed by atoms with E-state index >= 15 is 0 Å². The van der Waals surface area contributed by atoms with Crippen LogP contribution in [-0.4, -0.2) is 6.29 Å². The quantitative estimate of drug-likeness (QED) is 0.558. The minimum atomic E-state index is 0.293. The van der Waals surface area contributed by atoms with Gasteiger partial charge in [0, 0.05) is 0 Å². The summed E-state index contributed by atoms with van der Waals surface area (Å²) in [4.78, 5) is 8.81. The largest absolute Gasteiger partial charge is 0.304 e. The van der Waals surface area contributed by atoms with E-state index in [4.69, 9.17) is 4.79 Å². The standard InChI is InChI=1S/C10H14.C2H4O/c1-10(2,3)9-7-5-4-6-8-9;1-2-3/h4-8H,1-3H3;2H,1H3. The molecule has 0 aliphatic heterocycles. The van der Waals surface area contributed by atoms with Gasteiger partial charge in [0.1, 0.15) is 6.29 Å². The van der Waals surface area contributed by atoms with Crippen molar-refractivity contribution in [3.63, 3.8) is 0 Å². The van der Waals surface area contributed by atoms with Gasteiger partial charge in [0.2, 0.25) is 0 Å². The molecule has 13 heavy (non-hydrogen) atoms. The van der Waals surface area contributed by atoms with Gasteiger partial charge in [0.15, 0.2) is 0 Å². The van der Waals surface area contributed by atoms with E-state index in [1.807, 2.05) is 0 Å². The molecule has 0 radical (unpaired) electrons. The van der Waals surface area contributed by atoms with E-state index in [1.165, 1.54) is 12.5 Å². The van der Waals surface area contributed by atoms with Crippen LogP contribution in [0, 0.1) is 0 Å². The fourth-order valence-corrected chi connectivity index (χ4v) is 0.938. The fraction of sp³-hybridized carbons (Fsp3) is 0.417. The Morgan fingerprint density at radius 1 is 1.08 bits per heavy atom. The smallest absolute Gasteiger partial charge is 0.116 e. The predicted molar refractivity (Wildman–Crippen MR) is 56.9 cm³/mol. The van der Waals surface area contributed by atoms with E-state index in [0.29, 0.717) is 5.41 Å². The molecule has 0 unspecified atom stereocenters. The maximum Gasteiger partial charge on any atom is 0.116 e. The van der Waals surface area contributed by atoms with Crippen LogP contribution in [0.4, 0.5) is 0 Å². The first-order chi connectivity index (χ1) is 6.02. The normalized spacial score (nSPS) is 9.85. The summed E-state index contributed by atoms with van der Waals surface area (Å²) in [6.45, 7) is 8.12. The van der Waals surface area contributed by atoms with Crippen LogP contribution in [0.2, 0.25) is 0 Å². The van der Waals surface area contributed by atoms with E-state index in [2.05, 4.69) is 51.1 Å². The van der Waals surface area contributed by atoms with Crippen molar-refractivity contribution in [2.24, 2.45) is 0 Å². The Balaban J connectivity index is 0.000000424. The second-order valence-corrected chi connectivity index (χ2v) is 3.85. The molecule has 0 aliphatic carbocycles. The fourth-order valence-electron chi connectivity index (χ4n) is 0.938. The van der Waals surface area contributed by atoms with Crippen LogP contribution in [0.15, 0.2) is 30.3 Å². The van der Waals surface area contributed by atoms with Crippen LogP contribution in [0.5, 0.6) is 0 Å². The van der Waals surface area contributed by atoms with Crippen molar-refractivity contribution in [1.29, 1.82) is 0 Å². The van der Waals surface area contributed by atoms with Crippen molar-refractivity contribution < 1.29 is 4.79 Å². The highest BCUT2D eigenvalue weighted by Gasteiger charge is 2.11. The maximum atomic E-state index is 8.81. The summed E-state index contributed by atoms with van der Waals surface area (Å²) in [6.07, 6.45) is 0.750. The van der Waals surface area contributed by atoms with Crippen LogP contribution in [0.25, 0.3) is 0 Å². The Labute approximate surface area is 80.8 Å². The highest BCUT2D eigenvalue weighted by Crippen LogP contribution is 2.20. The van der Waals surface area contributed by atoms with Crippen molar-refractivity contribution in [1.82, 2.24) is 0 Å². The highest BCUT2D eigenvalue weighted by molar-refractivity contribution is 5.44. The number of carbonyl (C=O) groups excluding carboxylic acids is 1. The highest BCUT2D eigenvalue weighted by atomic mass is 16.1. The van der Waals surface area contributed by atoms with Gasteiger partial charge in [-0.3, -0.25) is 0 Å². The number of hydrogen-bond acceptors (Lipinski definition) is 1. The van der Waals surface area contributed by atoms with Crippen LogP contribution < -0.4 is 0 Å². The molecule has 0 amide bonds. The van der Waals surface area contributed by atoms with Crippen LogP contribution in [0.3, 0.4) is 0 Å². The van der Waals surface area contributed by atoms with Gasteiger partial charge in [0.25, 0.3) is 0 Å². The van der Waals surface area contributed by atoms with E-state index in [9.17, 15) is 0 Å². The van der Waals surface area contributed by atoms with Gasteiger partial charge in [-0.15, -0.1) is 0 Å². The van der Waals surface area contributed by atoms with Gasteiger partial charge in [-0.05, 0) is 17.9 Å². The minimum Gasteiger partial charge on any atom is -0.304 e. The minimum absolute atomic E-state index is 0.293. The molecule has 1 aromatic carbocycles. The van der Waals surface area contributed by atoms with E-state index in [1.54, 1.807) is 0 Å². The molecule has 1 rings (SSSR count). The first-order valence-corrected chi connectivity index (χ1v) is 4.47. The van der Waals surface area contributed by atoms with Gasteiger partial charge < -0.3 is 4.79 Å². The second-order valence-electron chi connectivity index (χ2n) is 3.85. The first kappa shape index (κ1) is 11.9. The summed E-state index contributed by atoms with van der Waals surface area (Å²) >= 11 is 0. The summed E-state index contributed by atoms with van der Waals surface area (Å²) in [5, 5.41) is 0. The van der Waals surface area contributed by atoms with Gasteiger partial charge in [0.05, 0.1) is 0 Å². The van der Waals surface area contributed by atoms with E-state index in [0.717, 1.165) is 6.29 Å². The molecule has 0 saturated carbocycles. The molecule has 0 spiro atoms. The lowest BCUT2D eigenvalue weighted by Gasteiger charge is -2.18. The number of aldehydes is 1. The zero-order chi connectivity index (χ0) is 10.3. The van der Waals surface area contributed by atoms with Crippen molar-refractivity contribution in [3.05, 3.63) is 35.9 Å². The summed E-state index contributed by atoms with van der Waals surface area (Å²) in [7, 11) is 0. The van der Waals surface area contributed by atoms with Gasteiger partial charge >= 0.3 is 0 Å². The van der Waals surface area contributed by atoms with Crippen molar-refractivity contribution in [3.8, 4) is 0 Å². The lowest BCUT2D eigenvalue weighted by molar-refractivity contribution is -0.106. The monoisotopic (exact) mass is 178 g/mol. The van der Waals surface area contributed by atoms with Crippen molar-refractivity contribution in [2.75, 3.05) is 0 Å². The van der Waals surface area contributed by atoms with E-state index in [-0.39, 0.29) is 0 Å². The van der Waals surface area contributed by atoms with Gasteiger partial charge in [-0.25, -0.2) is 0 Å². The summed E-state index contributed by atoms with van der Waals surface area (Å²) < 4.78 is 0. The lowest BCUT2D eigenvalue weighted by Crippen LogP contribution is -2.10. The molecule has 0 saturated heterocycles. The summed E-state index contributed by atoms with van der Waals surface area (Å²) in [5.41, 5.74) is 1.69.